The van der Waals surface area contributed by atoms with Crippen molar-refractivity contribution in [3.63, 3.8) is 0 Å². The lowest BCUT2D eigenvalue weighted by Crippen LogP contribution is -2.25. The van der Waals surface area contributed by atoms with E-state index >= 15 is 0 Å². The lowest BCUT2D eigenvalue weighted by molar-refractivity contribution is 0.0953. The Morgan fingerprint density at radius 2 is 2.14 bits per heavy atom. The molecule has 3 N–H and O–H groups in total. The molecule has 1 amide bonds. The predicted molar refractivity (Wildman–Crippen MR) is 82.5 cm³/mol. The molecule has 2 rings (SSSR count). The molecule has 0 aliphatic heterocycles. The number of pyridine rings is 1. The van der Waals surface area contributed by atoms with Crippen LogP contribution in [0.25, 0.3) is 0 Å². The van der Waals surface area contributed by atoms with Gasteiger partial charge in [-0.1, -0.05) is 0 Å². The monoisotopic (exact) mass is 287 g/mol. The number of aromatic amines is 1. The van der Waals surface area contributed by atoms with E-state index in [1.807, 2.05) is 20.0 Å². The van der Waals surface area contributed by atoms with E-state index in [0.717, 1.165) is 24.2 Å². The molecule has 6 heteroatoms. The van der Waals surface area contributed by atoms with Crippen molar-refractivity contribution < 1.29 is 4.79 Å². The number of carbonyl (C=O) groups excluding carboxylic acids is 1. The van der Waals surface area contributed by atoms with Gasteiger partial charge in [0.15, 0.2) is 0 Å². The highest BCUT2D eigenvalue weighted by Crippen LogP contribution is 2.10. The van der Waals surface area contributed by atoms with Gasteiger partial charge in [-0.15, -0.1) is 0 Å². The molecule has 2 heterocycles. The van der Waals surface area contributed by atoms with E-state index in [2.05, 4.69) is 25.8 Å². The molecule has 0 unspecified atom stereocenters. The van der Waals surface area contributed by atoms with Crippen molar-refractivity contribution in [2.24, 2.45) is 0 Å². The molecular weight excluding hydrogens is 266 g/mol. The van der Waals surface area contributed by atoms with Crippen LogP contribution >= 0.6 is 0 Å². The van der Waals surface area contributed by atoms with Gasteiger partial charge < -0.3 is 10.6 Å². The van der Waals surface area contributed by atoms with E-state index in [1.165, 1.54) is 5.56 Å². The van der Waals surface area contributed by atoms with Crippen LogP contribution in [0.2, 0.25) is 0 Å². The zero-order chi connectivity index (χ0) is 15.2. The van der Waals surface area contributed by atoms with Crippen LogP contribution < -0.4 is 10.6 Å². The molecular formula is C15H21N5O. The molecule has 0 fully saturated rings. The summed E-state index contributed by atoms with van der Waals surface area (Å²) in [6, 6.07) is 3.54. The van der Waals surface area contributed by atoms with E-state index in [9.17, 15) is 4.79 Å². The van der Waals surface area contributed by atoms with Gasteiger partial charge in [0.1, 0.15) is 5.82 Å². The van der Waals surface area contributed by atoms with Crippen LogP contribution in [0.15, 0.2) is 18.3 Å². The average molecular weight is 287 g/mol. The highest BCUT2D eigenvalue weighted by Gasteiger charge is 2.08. The molecule has 0 aliphatic carbocycles. The molecule has 0 saturated heterocycles. The summed E-state index contributed by atoms with van der Waals surface area (Å²) in [5.74, 6) is 0.634. The summed E-state index contributed by atoms with van der Waals surface area (Å²) in [5.41, 5.74) is 3.73. The number of carbonyl (C=O) groups is 1. The summed E-state index contributed by atoms with van der Waals surface area (Å²) in [6.45, 7) is 4.51. The van der Waals surface area contributed by atoms with Crippen LogP contribution in [0.1, 0.15) is 33.7 Å². The minimum atomic E-state index is -0.0686. The van der Waals surface area contributed by atoms with Crippen LogP contribution in [-0.4, -0.2) is 34.7 Å². The van der Waals surface area contributed by atoms with Crippen molar-refractivity contribution in [3.05, 3.63) is 40.8 Å². The average Bonchev–Trinajstić information content (AvgIpc) is 2.88. The van der Waals surface area contributed by atoms with Gasteiger partial charge in [-0.3, -0.25) is 9.89 Å². The molecule has 2 aromatic heterocycles. The summed E-state index contributed by atoms with van der Waals surface area (Å²) in [5, 5.41) is 12.8. The Morgan fingerprint density at radius 3 is 2.81 bits per heavy atom. The molecule has 21 heavy (non-hydrogen) atoms. The Morgan fingerprint density at radius 1 is 1.33 bits per heavy atom. The van der Waals surface area contributed by atoms with Crippen molar-refractivity contribution in [1.29, 1.82) is 0 Å². The number of aromatic nitrogens is 3. The summed E-state index contributed by atoms with van der Waals surface area (Å²) >= 11 is 0. The van der Waals surface area contributed by atoms with Crippen molar-refractivity contribution in [2.75, 3.05) is 18.9 Å². The molecule has 6 nitrogen and oxygen atoms in total. The molecule has 0 aromatic carbocycles. The standard InChI is InChI=1S/C15H21N5O/c1-10-7-13(8-14(16-3)19-10)15(21)17-6-4-5-12-9-18-20-11(12)2/h7-9H,4-6H2,1-3H3,(H,16,19)(H,17,21)(H,18,20). The molecule has 0 aliphatic rings. The Labute approximate surface area is 124 Å². The summed E-state index contributed by atoms with van der Waals surface area (Å²) in [4.78, 5) is 16.4. The SMILES string of the molecule is CNc1cc(C(=O)NCCCc2cn[nH]c2C)cc(C)n1. The Hall–Kier alpha value is -2.37. The van der Waals surface area contributed by atoms with Crippen LogP contribution in [0.3, 0.4) is 0 Å². The zero-order valence-corrected chi connectivity index (χ0v) is 12.7. The van der Waals surface area contributed by atoms with Gasteiger partial charge in [0, 0.05) is 30.5 Å². The van der Waals surface area contributed by atoms with E-state index in [4.69, 9.17) is 0 Å². The first-order valence-electron chi connectivity index (χ1n) is 7.03. The molecule has 112 valence electrons. The predicted octanol–water partition coefficient (Wildman–Crippen LogP) is 1.83. The number of hydrogen-bond acceptors (Lipinski definition) is 4. The third kappa shape index (κ3) is 4.05. The van der Waals surface area contributed by atoms with E-state index in [-0.39, 0.29) is 5.91 Å². The van der Waals surface area contributed by atoms with Crippen LogP contribution in [0.4, 0.5) is 5.82 Å². The molecule has 0 bridgehead atoms. The topological polar surface area (TPSA) is 82.7 Å². The normalized spacial score (nSPS) is 10.4. The highest BCUT2D eigenvalue weighted by molar-refractivity contribution is 5.94. The Balaban J connectivity index is 1.84. The largest absolute Gasteiger partial charge is 0.373 e. The Kier molecular flexibility index (Phi) is 4.92. The smallest absolute Gasteiger partial charge is 0.251 e. The van der Waals surface area contributed by atoms with Gasteiger partial charge in [0.2, 0.25) is 0 Å². The maximum atomic E-state index is 12.1. The van der Waals surface area contributed by atoms with Gasteiger partial charge >= 0.3 is 0 Å². The fourth-order valence-corrected chi connectivity index (χ4v) is 2.14. The third-order valence-corrected chi connectivity index (χ3v) is 3.31. The summed E-state index contributed by atoms with van der Waals surface area (Å²) in [6.07, 6.45) is 3.62. The Bertz CT molecular complexity index is 620. The van der Waals surface area contributed by atoms with E-state index < -0.39 is 0 Å². The fraction of sp³-hybridized carbons (Fsp3) is 0.400. The van der Waals surface area contributed by atoms with Gasteiger partial charge in [-0.2, -0.15) is 5.10 Å². The maximum Gasteiger partial charge on any atom is 0.251 e. The van der Waals surface area contributed by atoms with Crippen molar-refractivity contribution >= 4 is 11.7 Å². The first-order chi connectivity index (χ1) is 10.1. The minimum absolute atomic E-state index is 0.0686. The first kappa shape index (κ1) is 15.0. The minimum Gasteiger partial charge on any atom is -0.373 e. The van der Waals surface area contributed by atoms with Crippen LogP contribution in [0, 0.1) is 13.8 Å². The van der Waals surface area contributed by atoms with E-state index in [1.54, 1.807) is 19.2 Å². The second-order valence-electron chi connectivity index (χ2n) is 5.01. The molecule has 0 atom stereocenters. The summed E-state index contributed by atoms with van der Waals surface area (Å²) < 4.78 is 0. The molecule has 0 saturated carbocycles. The number of H-pyrrole nitrogens is 1. The lowest BCUT2D eigenvalue weighted by Gasteiger charge is -2.08. The first-order valence-corrected chi connectivity index (χ1v) is 7.03. The number of nitrogens with zero attached hydrogens (tertiary/aromatic N) is 2. The number of rotatable bonds is 6. The molecule has 0 spiro atoms. The molecule has 2 aromatic rings. The van der Waals surface area contributed by atoms with Gasteiger partial charge in [0.25, 0.3) is 5.91 Å². The van der Waals surface area contributed by atoms with Crippen molar-refractivity contribution in [1.82, 2.24) is 20.5 Å². The third-order valence-electron chi connectivity index (χ3n) is 3.31. The number of nitrogens with one attached hydrogen (secondary N) is 3. The number of anilines is 1. The van der Waals surface area contributed by atoms with Crippen LogP contribution in [-0.2, 0) is 6.42 Å². The quantitative estimate of drug-likeness (QED) is 0.708. The van der Waals surface area contributed by atoms with Crippen molar-refractivity contribution in [3.8, 4) is 0 Å². The van der Waals surface area contributed by atoms with E-state index in [0.29, 0.717) is 17.9 Å². The highest BCUT2D eigenvalue weighted by atomic mass is 16.1. The lowest BCUT2D eigenvalue weighted by atomic mass is 10.1. The van der Waals surface area contributed by atoms with Gasteiger partial charge in [-0.05, 0) is 44.4 Å². The second kappa shape index (κ2) is 6.88. The number of aryl methyl sites for hydroxylation is 3. The van der Waals surface area contributed by atoms with Crippen LogP contribution in [0.5, 0.6) is 0 Å². The molecule has 0 radical (unpaired) electrons. The number of hydrogen-bond donors (Lipinski definition) is 3. The zero-order valence-electron chi connectivity index (χ0n) is 12.7. The van der Waals surface area contributed by atoms with Gasteiger partial charge in [-0.25, -0.2) is 4.98 Å². The fourth-order valence-electron chi connectivity index (χ4n) is 2.14. The number of amides is 1. The maximum absolute atomic E-state index is 12.1. The second-order valence-corrected chi connectivity index (χ2v) is 5.01. The summed E-state index contributed by atoms with van der Waals surface area (Å²) in [7, 11) is 1.79. The van der Waals surface area contributed by atoms with Crippen molar-refractivity contribution in [2.45, 2.75) is 26.7 Å². The van der Waals surface area contributed by atoms with Gasteiger partial charge in [0.05, 0.1) is 6.20 Å².